The third-order valence-electron chi connectivity index (χ3n) is 5.73. The highest BCUT2D eigenvalue weighted by Crippen LogP contribution is 2.29. The quantitative estimate of drug-likeness (QED) is 0.270. The van der Waals surface area contributed by atoms with Crippen molar-refractivity contribution in [2.24, 2.45) is 0 Å². The van der Waals surface area contributed by atoms with Gasteiger partial charge in [-0.3, -0.25) is 9.29 Å². The van der Waals surface area contributed by atoms with Crippen LogP contribution in [0.1, 0.15) is 38.2 Å². The van der Waals surface area contributed by atoms with Crippen LogP contribution in [0.25, 0.3) is 11.5 Å². The highest BCUT2D eigenvalue weighted by molar-refractivity contribution is 7.93. The number of nitrogens with one attached hydrogen (secondary N) is 1. The van der Waals surface area contributed by atoms with Crippen LogP contribution in [0.2, 0.25) is 0 Å². The first-order chi connectivity index (χ1) is 18.8. The molecule has 14 nitrogen and oxygen atoms in total. The summed E-state index contributed by atoms with van der Waals surface area (Å²) in [6.07, 6.45) is 2.63. The van der Waals surface area contributed by atoms with Gasteiger partial charge in [0.25, 0.3) is 0 Å². The molecule has 15 heteroatoms. The first-order valence-corrected chi connectivity index (χ1v) is 13.8. The smallest absolute Gasteiger partial charge is 0.240 e. The molecule has 0 aliphatic heterocycles. The predicted octanol–water partition coefficient (Wildman–Crippen LogP) is 2.28. The largest absolute Gasteiger partial charge is 0.494 e. The number of anilines is 1. The average Bonchev–Trinajstić information content (AvgIpc) is 3.35. The summed E-state index contributed by atoms with van der Waals surface area (Å²) in [6, 6.07) is 4.67. The Morgan fingerprint density at radius 3 is 2.28 bits per heavy atom. The molecule has 214 valence electrons. The molecule has 0 fully saturated rings. The summed E-state index contributed by atoms with van der Waals surface area (Å²) in [5.41, 5.74) is 0.424. The van der Waals surface area contributed by atoms with Crippen molar-refractivity contribution >= 4 is 16.0 Å². The van der Waals surface area contributed by atoms with E-state index in [1.165, 1.54) is 47.8 Å². The summed E-state index contributed by atoms with van der Waals surface area (Å²) in [7, 11) is 1.95. The SMILES string of the molecule is CCCO[C@@H](c1ncc(OC)cn1)[C@H](C)S(=O)(=O)Nc1nnc(-c2cccc(OC)n2)n1C(COC)COC. The molecule has 0 bridgehead atoms. The van der Waals surface area contributed by atoms with Crippen LogP contribution in [0.4, 0.5) is 5.95 Å². The van der Waals surface area contributed by atoms with Gasteiger partial charge < -0.3 is 23.7 Å². The lowest BCUT2D eigenvalue weighted by Crippen LogP contribution is -2.35. The van der Waals surface area contributed by atoms with E-state index in [-0.39, 0.29) is 25.0 Å². The maximum Gasteiger partial charge on any atom is 0.240 e. The molecule has 39 heavy (non-hydrogen) atoms. The molecular weight excluding hydrogens is 530 g/mol. The number of nitrogens with zero attached hydrogens (tertiary/aromatic N) is 6. The minimum Gasteiger partial charge on any atom is -0.494 e. The second-order valence-electron chi connectivity index (χ2n) is 8.47. The standard InChI is InChI=1S/C24H35N7O7S/c1-7-11-38-21(22-25-12-18(36-5)13-26-22)16(2)39(32,33)30-24-29-28-23(19-9-8-10-20(27-19)37-6)31(24)17(14-34-3)15-35-4/h8-10,12-13,16-17,21H,7,11,14-15H2,1-6H3,(H,29,30)/t16-,21+/m0/s1. The van der Waals surface area contributed by atoms with Gasteiger partial charge in [-0.25, -0.2) is 23.4 Å². The van der Waals surface area contributed by atoms with Crippen molar-refractivity contribution in [2.75, 3.05) is 53.0 Å². The van der Waals surface area contributed by atoms with Gasteiger partial charge in [-0.1, -0.05) is 13.0 Å². The fourth-order valence-corrected chi connectivity index (χ4v) is 4.85. The predicted molar refractivity (Wildman–Crippen MR) is 142 cm³/mol. The Labute approximate surface area is 228 Å². The molecule has 0 radical (unpaired) electrons. The molecule has 0 saturated carbocycles. The molecule has 0 unspecified atom stereocenters. The van der Waals surface area contributed by atoms with Gasteiger partial charge in [0.05, 0.1) is 45.9 Å². The Morgan fingerprint density at radius 1 is 1.00 bits per heavy atom. The molecule has 0 aromatic carbocycles. The van der Waals surface area contributed by atoms with Crippen molar-refractivity contribution in [3.8, 4) is 23.1 Å². The molecule has 0 aliphatic carbocycles. The normalized spacial score (nSPS) is 13.3. The van der Waals surface area contributed by atoms with Gasteiger partial charge in [-0.2, -0.15) is 0 Å². The molecule has 3 aromatic heterocycles. The lowest BCUT2D eigenvalue weighted by Gasteiger charge is -2.25. The molecular formula is C24H35N7O7S. The molecule has 3 aromatic rings. The van der Waals surface area contributed by atoms with Crippen molar-refractivity contribution in [1.82, 2.24) is 29.7 Å². The van der Waals surface area contributed by atoms with Gasteiger partial charge in [0, 0.05) is 26.9 Å². The van der Waals surface area contributed by atoms with E-state index in [4.69, 9.17) is 23.7 Å². The molecule has 3 heterocycles. The number of hydrogen-bond donors (Lipinski definition) is 1. The molecule has 3 rings (SSSR count). The van der Waals surface area contributed by atoms with Crippen LogP contribution in [0.3, 0.4) is 0 Å². The van der Waals surface area contributed by atoms with Crippen LogP contribution in [0, 0.1) is 0 Å². The zero-order chi connectivity index (χ0) is 28.4. The van der Waals surface area contributed by atoms with Gasteiger partial charge >= 0.3 is 0 Å². The zero-order valence-electron chi connectivity index (χ0n) is 22.9. The average molecular weight is 566 g/mol. The Morgan fingerprint density at radius 2 is 1.69 bits per heavy atom. The molecule has 1 N–H and O–H groups in total. The lowest BCUT2D eigenvalue weighted by atomic mass is 10.2. The minimum absolute atomic E-state index is 0.0366. The van der Waals surface area contributed by atoms with Gasteiger partial charge in [-0.05, 0) is 19.4 Å². The molecule has 0 saturated heterocycles. The topological polar surface area (TPSA) is 162 Å². The van der Waals surface area contributed by atoms with Crippen molar-refractivity contribution in [3.05, 3.63) is 36.4 Å². The monoisotopic (exact) mass is 565 g/mol. The van der Waals surface area contributed by atoms with Crippen molar-refractivity contribution in [3.63, 3.8) is 0 Å². The molecule has 2 atom stereocenters. The van der Waals surface area contributed by atoms with Gasteiger partial charge in [-0.15, -0.1) is 10.2 Å². The third kappa shape index (κ3) is 7.38. The Bertz CT molecular complexity index is 1280. The molecule has 0 aliphatic rings. The number of rotatable bonds is 16. The van der Waals surface area contributed by atoms with Crippen molar-refractivity contribution in [2.45, 2.75) is 37.7 Å². The number of ether oxygens (including phenoxy) is 5. The summed E-state index contributed by atoms with van der Waals surface area (Å²) in [5.74, 6) is 1.28. The maximum absolute atomic E-state index is 13.7. The first kappa shape index (κ1) is 30.1. The fraction of sp³-hybridized carbons (Fsp3) is 0.542. The van der Waals surface area contributed by atoms with E-state index >= 15 is 0 Å². The first-order valence-electron chi connectivity index (χ1n) is 12.2. The number of sulfonamides is 1. The Hall–Kier alpha value is -3.40. The molecule has 0 spiro atoms. The Balaban J connectivity index is 2.03. The summed E-state index contributed by atoms with van der Waals surface area (Å²) >= 11 is 0. The summed E-state index contributed by atoms with van der Waals surface area (Å²) in [6.45, 7) is 4.13. The van der Waals surface area contributed by atoms with Gasteiger partial charge in [0.15, 0.2) is 17.4 Å². The van der Waals surface area contributed by atoms with E-state index in [1.54, 1.807) is 22.8 Å². The highest BCUT2D eigenvalue weighted by Gasteiger charge is 2.35. The maximum atomic E-state index is 13.7. The van der Waals surface area contributed by atoms with Crippen LogP contribution in [0.15, 0.2) is 30.6 Å². The Kier molecular flexibility index (Phi) is 10.9. The van der Waals surface area contributed by atoms with Gasteiger partial charge in [0.1, 0.15) is 17.0 Å². The number of pyridine rings is 1. The summed E-state index contributed by atoms with van der Waals surface area (Å²) in [5, 5.41) is 7.30. The van der Waals surface area contributed by atoms with E-state index in [0.29, 0.717) is 36.2 Å². The summed E-state index contributed by atoms with van der Waals surface area (Å²) < 4.78 is 58.6. The van der Waals surface area contributed by atoms with Gasteiger partial charge in [0.2, 0.25) is 21.9 Å². The third-order valence-corrected chi connectivity index (χ3v) is 7.42. The second kappa shape index (κ2) is 14.1. The number of hydrogen-bond acceptors (Lipinski definition) is 12. The van der Waals surface area contributed by atoms with Crippen LogP contribution in [-0.4, -0.2) is 91.6 Å². The van der Waals surface area contributed by atoms with Crippen LogP contribution in [0.5, 0.6) is 11.6 Å². The van der Waals surface area contributed by atoms with E-state index in [2.05, 4.69) is 29.9 Å². The van der Waals surface area contributed by atoms with Crippen LogP contribution < -0.4 is 14.2 Å². The number of aromatic nitrogens is 6. The van der Waals surface area contributed by atoms with Crippen molar-refractivity contribution in [1.29, 1.82) is 0 Å². The van der Waals surface area contributed by atoms with E-state index in [0.717, 1.165) is 0 Å². The summed E-state index contributed by atoms with van der Waals surface area (Å²) in [4.78, 5) is 13.0. The van der Waals surface area contributed by atoms with E-state index in [1.807, 2.05) is 6.92 Å². The number of methoxy groups -OCH3 is 4. The lowest BCUT2D eigenvalue weighted by molar-refractivity contribution is 0.0465. The molecule has 0 amide bonds. The zero-order valence-corrected chi connectivity index (χ0v) is 23.7. The fourth-order valence-electron chi connectivity index (χ4n) is 3.74. The minimum atomic E-state index is -4.11. The van der Waals surface area contributed by atoms with E-state index < -0.39 is 27.4 Å². The van der Waals surface area contributed by atoms with Crippen LogP contribution in [-0.2, 0) is 24.2 Å². The van der Waals surface area contributed by atoms with Crippen LogP contribution >= 0.6 is 0 Å². The van der Waals surface area contributed by atoms with Crippen molar-refractivity contribution < 1.29 is 32.1 Å². The second-order valence-corrected chi connectivity index (χ2v) is 10.5. The van der Waals surface area contributed by atoms with E-state index in [9.17, 15) is 8.42 Å². The highest BCUT2D eigenvalue weighted by atomic mass is 32.2.